The first kappa shape index (κ1) is 21.9. The first-order valence-electron chi connectivity index (χ1n) is 10.0. The van der Waals surface area contributed by atoms with Crippen LogP contribution in [0.2, 0.25) is 0 Å². The van der Waals surface area contributed by atoms with Gasteiger partial charge >= 0.3 is 0 Å². The molecule has 5 heteroatoms. The molecule has 0 aliphatic heterocycles. The van der Waals surface area contributed by atoms with Crippen LogP contribution in [0.4, 0.5) is 0 Å². The third-order valence-corrected chi connectivity index (χ3v) is 4.39. The summed E-state index contributed by atoms with van der Waals surface area (Å²) in [5, 5.41) is 2.88. The van der Waals surface area contributed by atoms with Crippen molar-refractivity contribution in [2.45, 2.75) is 32.7 Å². The summed E-state index contributed by atoms with van der Waals surface area (Å²) in [7, 11) is 1.63. The molecule has 0 aliphatic rings. The molecule has 0 aromatic heterocycles. The molecule has 0 radical (unpaired) electrons. The highest BCUT2D eigenvalue weighted by atomic mass is 16.5. The molecular weight excluding hydrogens is 352 g/mol. The minimum absolute atomic E-state index is 0.0692. The normalized spacial score (nSPS) is 10.8. The summed E-state index contributed by atoms with van der Waals surface area (Å²) in [6.07, 6.45) is 2.74. The minimum atomic E-state index is 0.0692. The van der Waals surface area contributed by atoms with Crippen LogP contribution in [0.5, 0.6) is 11.5 Å². The average molecular weight is 385 g/mol. The van der Waals surface area contributed by atoms with Gasteiger partial charge in [0.25, 0.3) is 0 Å². The molecule has 2 aromatic rings. The number of methoxy groups -OCH3 is 1. The van der Waals surface area contributed by atoms with Gasteiger partial charge < -0.3 is 14.8 Å². The van der Waals surface area contributed by atoms with Crippen molar-refractivity contribution in [2.24, 2.45) is 0 Å². The third-order valence-electron chi connectivity index (χ3n) is 4.39. The van der Waals surface area contributed by atoms with Gasteiger partial charge in [0.05, 0.1) is 6.61 Å². The van der Waals surface area contributed by atoms with Gasteiger partial charge in [-0.3, -0.25) is 9.69 Å². The van der Waals surface area contributed by atoms with E-state index in [1.165, 1.54) is 5.56 Å². The number of benzene rings is 2. The summed E-state index contributed by atoms with van der Waals surface area (Å²) in [4.78, 5) is 14.3. The van der Waals surface area contributed by atoms with Crippen molar-refractivity contribution < 1.29 is 14.3 Å². The molecule has 0 unspecified atom stereocenters. The molecule has 152 valence electrons. The molecular formula is C23H32N2O3. The van der Waals surface area contributed by atoms with Crippen molar-refractivity contribution in [2.75, 3.05) is 33.4 Å². The molecule has 2 rings (SSSR count). The Morgan fingerprint density at radius 3 is 2.57 bits per heavy atom. The fourth-order valence-electron chi connectivity index (χ4n) is 2.88. The standard InChI is InChI=1S/C23H32N2O3/c1-3-4-15-25(16-13-23(26)24-14-17-27-2)19-20-9-8-12-22(18-20)28-21-10-6-5-7-11-21/h5-12,18H,3-4,13-17,19H2,1-2H3,(H,24,26). The van der Waals surface area contributed by atoms with Crippen molar-refractivity contribution in [1.82, 2.24) is 10.2 Å². The molecule has 2 aromatic carbocycles. The highest BCUT2D eigenvalue weighted by molar-refractivity contribution is 5.76. The summed E-state index contributed by atoms with van der Waals surface area (Å²) < 4.78 is 10.9. The van der Waals surface area contributed by atoms with Crippen molar-refractivity contribution in [3.8, 4) is 11.5 Å². The first-order valence-corrected chi connectivity index (χ1v) is 10.0. The highest BCUT2D eigenvalue weighted by Gasteiger charge is 2.10. The van der Waals surface area contributed by atoms with Gasteiger partial charge in [-0.2, -0.15) is 0 Å². The quantitative estimate of drug-likeness (QED) is 0.525. The van der Waals surface area contributed by atoms with Crippen molar-refractivity contribution in [1.29, 1.82) is 0 Å². The number of nitrogens with zero attached hydrogens (tertiary/aromatic N) is 1. The van der Waals surface area contributed by atoms with Crippen LogP contribution < -0.4 is 10.1 Å². The molecule has 0 aliphatic carbocycles. The molecule has 0 fully saturated rings. The second kappa shape index (κ2) is 12.9. The zero-order valence-corrected chi connectivity index (χ0v) is 17.0. The van der Waals surface area contributed by atoms with Gasteiger partial charge in [-0.25, -0.2) is 0 Å². The van der Waals surface area contributed by atoms with Gasteiger partial charge in [0.2, 0.25) is 5.91 Å². The zero-order valence-electron chi connectivity index (χ0n) is 17.0. The minimum Gasteiger partial charge on any atom is -0.457 e. The highest BCUT2D eigenvalue weighted by Crippen LogP contribution is 2.22. The molecule has 0 bridgehead atoms. The number of nitrogens with one attached hydrogen (secondary N) is 1. The molecule has 5 nitrogen and oxygen atoms in total. The van der Waals surface area contributed by atoms with Gasteiger partial charge in [0.1, 0.15) is 11.5 Å². The van der Waals surface area contributed by atoms with Gasteiger partial charge in [-0.05, 0) is 42.8 Å². The second-order valence-electron chi connectivity index (χ2n) is 6.78. The van der Waals surface area contributed by atoms with Crippen LogP contribution >= 0.6 is 0 Å². The fraction of sp³-hybridized carbons (Fsp3) is 0.435. The van der Waals surface area contributed by atoms with Crippen LogP contribution in [0.1, 0.15) is 31.7 Å². The molecule has 0 saturated heterocycles. The summed E-state index contributed by atoms with van der Waals surface area (Å²) in [5.41, 5.74) is 1.18. The van der Waals surface area contributed by atoms with Crippen LogP contribution in [0.15, 0.2) is 54.6 Å². The molecule has 0 spiro atoms. The molecule has 1 N–H and O–H groups in total. The first-order chi connectivity index (χ1) is 13.7. The lowest BCUT2D eigenvalue weighted by Crippen LogP contribution is -2.32. The largest absolute Gasteiger partial charge is 0.457 e. The van der Waals surface area contributed by atoms with E-state index in [0.717, 1.165) is 44.0 Å². The Balaban J connectivity index is 1.91. The monoisotopic (exact) mass is 384 g/mol. The van der Waals surface area contributed by atoms with Crippen molar-refractivity contribution in [3.63, 3.8) is 0 Å². The Bertz CT molecular complexity index is 691. The van der Waals surface area contributed by atoms with Crippen LogP contribution in [0.25, 0.3) is 0 Å². The lowest BCUT2D eigenvalue weighted by molar-refractivity contribution is -0.121. The van der Waals surface area contributed by atoms with E-state index < -0.39 is 0 Å². The summed E-state index contributed by atoms with van der Waals surface area (Å²) in [6, 6.07) is 18.0. The van der Waals surface area contributed by atoms with E-state index in [1.807, 2.05) is 42.5 Å². The van der Waals surface area contributed by atoms with Crippen molar-refractivity contribution in [3.05, 3.63) is 60.2 Å². The Hall–Kier alpha value is -2.37. The molecule has 1 amide bonds. The lowest BCUT2D eigenvalue weighted by Gasteiger charge is -2.22. The number of carbonyl (C=O) groups is 1. The fourth-order valence-corrected chi connectivity index (χ4v) is 2.88. The van der Waals surface area contributed by atoms with E-state index in [1.54, 1.807) is 7.11 Å². The lowest BCUT2D eigenvalue weighted by atomic mass is 10.2. The summed E-state index contributed by atoms with van der Waals surface area (Å²) >= 11 is 0. The number of carbonyl (C=O) groups excluding carboxylic acids is 1. The van der Waals surface area contributed by atoms with E-state index in [0.29, 0.717) is 19.6 Å². The average Bonchev–Trinajstić information content (AvgIpc) is 2.71. The predicted octanol–water partition coefficient (Wildman–Crippen LogP) is 4.23. The van der Waals surface area contributed by atoms with E-state index in [2.05, 4.69) is 29.3 Å². The number of para-hydroxylation sites is 1. The van der Waals surface area contributed by atoms with Crippen LogP contribution in [-0.2, 0) is 16.1 Å². The Morgan fingerprint density at radius 2 is 1.82 bits per heavy atom. The zero-order chi connectivity index (χ0) is 20.0. The van der Waals surface area contributed by atoms with Crippen LogP contribution in [0.3, 0.4) is 0 Å². The van der Waals surface area contributed by atoms with E-state index in [4.69, 9.17) is 9.47 Å². The molecule has 28 heavy (non-hydrogen) atoms. The number of hydrogen-bond acceptors (Lipinski definition) is 4. The van der Waals surface area contributed by atoms with Gasteiger partial charge in [-0.1, -0.05) is 43.7 Å². The van der Waals surface area contributed by atoms with Gasteiger partial charge in [-0.15, -0.1) is 0 Å². The third kappa shape index (κ3) is 8.55. The molecule has 0 heterocycles. The smallest absolute Gasteiger partial charge is 0.221 e. The predicted molar refractivity (Wildman–Crippen MR) is 113 cm³/mol. The van der Waals surface area contributed by atoms with E-state index in [-0.39, 0.29) is 5.91 Å². The number of ether oxygens (including phenoxy) is 2. The van der Waals surface area contributed by atoms with Gasteiger partial charge in [0.15, 0.2) is 0 Å². The molecule has 0 saturated carbocycles. The second-order valence-corrected chi connectivity index (χ2v) is 6.78. The summed E-state index contributed by atoms with van der Waals surface area (Å²) in [6.45, 7) is 5.80. The number of amides is 1. The Kier molecular flexibility index (Phi) is 10.1. The maximum atomic E-state index is 12.0. The Morgan fingerprint density at radius 1 is 1.04 bits per heavy atom. The molecule has 0 atom stereocenters. The van der Waals surface area contributed by atoms with Crippen molar-refractivity contribution >= 4 is 5.91 Å². The Labute approximate surface area is 168 Å². The SMILES string of the molecule is CCCCN(CCC(=O)NCCOC)Cc1cccc(Oc2ccccc2)c1. The van der Waals surface area contributed by atoms with E-state index in [9.17, 15) is 4.79 Å². The van der Waals surface area contributed by atoms with Crippen LogP contribution in [-0.4, -0.2) is 44.2 Å². The number of rotatable bonds is 13. The van der Waals surface area contributed by atoms with E-state index >= 15 is 0 Å². The number of hydrogen-bond donors (Lipinski definition) is 1. The maximum absolute atomic E-state index is 12.0. The maximum Gasteiger partial charge on any atom is 0.221 e. The number of unbranched alkanes of at least 4 members (excludes halogenated alkanes) is 1. The van der Waals surface area contributed by atoms with Gasteiger partial charge in [0, 0.05) is 33.2 Å². The topological polar surface area (TPSA) is 50.8 Å². The summed E-state index contributed by atoms with van der Waals surface area (Å²) in [5.74, 6) is 1.73. The van der Waals surface area contributed by atoms with Crippen LogP contribution in [0, 0.1) is 0 Å².